The topological polar surface area (TPSA) is 56.5 Å². The highest BCUT2D eigenvalue weighted by molar-refractivity contribution is 9.09. The van der Waals surface area contributed by atoms with E-state index in [0.717, 1.165) is 17.3 Å². The minimum Gasteiger partial charge on any atom is -0.465 e. The molecule has 1 heterocycles. The summed E-state index contributed by atoms with van der Waals surface area (Å²) in [6.45, 7) is 0. The molecule has 22 heavy (non-hydrogen) atoms. The second-order valence-corrected chi connectivity index (χ2v) is 5.66. The molecule has 0 atom stereocenters. The molecule has 0 saturated heterocycles. The van der Waals surface area contributed by atoms with Crippen molar-refractivity contribution in [2.75, 3.05) is 12.4 Å². The number of hydrogen-bond donors (Lipinski definition) is 0. The molecule has 3 rings (SSSR count). The monoisotopic (exact) mass is 360 g/mol. The third-order valence-electron chi connectivity index (χ3n) is 3.55. The Balaban J connectivity index is 2.39. The molecule has 0 aliphatic rings. The molecule has 0 unspecified atom stereocenters. The predicted molar refractivity (Wildman–Crippen MR) is 88.8 cm³/mol. The third-order valence-corrected chi connectivity index (χ3v) is 3.95. The molecule has 5 heteroatoms. The van der Waals surface area contributed by atoms with Crippen LogP contribution in [0.1, 0.15) is 15.9 Å². The summed E-state index contributed by atoms with van der Waals surface area (Å²) in [5.74, 6) is -0.547. The van der Waals surface area contributed by atoms with Gasteiger partial charge in [0, 0.05) is 5.33 Å². The van der Waals surface area contributed by atoms with Gasteiger partial charge in [0.25, 0.3) is 0 Å². The van der Waals surface area contributed by atoms with Gasteiger partial charge in [0.15, 0.2) is 0 Å². The molecular formula is C17H13BrO4. The van der Waals surface area contributed by atoms with Crippen LogP contribution in [0.3, 0.4) is 0 Å². The first-order valence-electron chi connectivity index (χ1n) is 6.78. The number of esters is 1. The molecule has 0 spiro atoms. The van der Waals surface area contributed by atoms with Crippen molar-refractivity contribution in [3.05, 3.63) is 57.7 Å². The lowest BCUT2D eigenvalue weighted by atomic mass is 10.0. The number of hydrogen-bond acceptors (Lipinski definition) is 4. The van der Waals surface area contributed by atoms with Crippen molar-refractivity contribution in [2.24, 2.45) is 0 Å². The second-order valence-electron chi connectivity index (χ2n) is 4.87. The summed E-state index contributed by atoms with van der Waals surface area (Å²) in [6, 6.07) is 10.5. The minimum atomic E-state index is -0.547. The van der Waals surface area contributed by atoms with Crippen LogP contribution in [0, 0.1) is 0 Å². The summed E-state index contributed by atoms with van der Waals surface area (Å²) in [7, 11) is 1.29. The third kappa shape index (κ3) is 2.41. The predicted octanol–water partition coefficient (Wildman–Crippen LogP) is 3.67. The molecule has 0 radical (unpaired) electrons. The van der Waals surface area contributed by atoms with E-state index in [4.69, 9.17) is 9.15 Å². The summed E-state index contributed by atoms with van der Waals surface area (Å²) < 4.78 is 10.5. The Bertz CT molecular complexity index is 927. The van der Waals surface area contributed by atoms with Crippen LogP contribution in [0.2, 0.25) is 0 Å². The molecule has 0 saturated carbocycles. The highest BCUT2D eigenvalue weighted by Crippen LogP contribution is 2.23. The van der Waals surface area contributed by atoms with Gasteiger partial charge in [-0.25, -0.2) is 4.79 Å². The molecule has 0 aliphatic heterocycles. The van der Waals surface area contributed by atoms with Gasteiger partial charge < -0.3 is 9.15 Å². The molecule has 0 fully saturated rings. The second kappa shape index (κ2) is 5.93. The van der Waals surface area contributed by atoms with Gasteiger partial charge in [0.1, 0.15) is 11.2 Å². The molecule has 112 valence electrons. The van der Waals surface area contributed by atoms with Crippen LogP contribution in [0.25, 0.3) is 21.9 Å². The number of halogens is 1. The summed E-state index contributed by atoms with van der Waals surface area (Å²) in [4.78, 5) is 24.7. The van der Waals surface area contributed by atoms with E-state index in [1.54, 1.807) is 24.3 Å². The largest absolute Gasteiger partial charge is 0.465 e. The summed E-state index contributed by atoms with van der Waals surface area (Å²) in [5, 5.41) is 1.55. The highest BCUT2D eigenvalue weighted by Gasteiger charge is 2.16. The fraction of sp³-hybridized carbons (Fsp3) is 0.176. The van der Waals surface area contributed by atoms with Gasteiger partial charge in [-0.3, -0.25) is 4.79 Å². The number of fused-ring (bicyclic) bond motifs is 2. The van der Waals surface area contributed by atoms with Crippen LogP contribution in [0.4, 0.5) is 0 Å². The Morgan fingerprint density at radius 2 is 2.05 bits per heavy atom. The molecule has 4 nitrogen and oxygen atoms in total. The smallest absolute Gasteiger partial charge is 0.338 e. The first-order valence-corrected chi connectivity index (χ1v) is 7.90. The first kappa shape index (κ1) is 14.8. The molecule has 0 amide bonds. The Morgan fingerprint density at radius 1 is 1.23 bits per heavy atom. The van der Waals surface area contributed by atoms with Gasteiger partial charge in [-0.05, 0) is 36.2 Å². The number of carbonyl (C=O) groups excluding carboxylic acids is 1. The van der Waals surface area contributed by atoms with Gasteiger partial charge in [0.2, 0.25) is 5.43 Å². The van der Waals surface area contributed by atoms with Crippen molar-refractivity contribution >= 4 is 43.8 Å². The Morgan fingerprint density at radius 3 is 2.77 bits per heavy atom. The van der Waals surface area contributed by atoms with Gasteiger partial charge in [-0.2, -0.15) is 0 Å². The lowest BCUT2D eigenvalue weighted by molar-refractivity contribution is 0.0603. The van der Waals surface area contributed by atoms with Gasteiger partial charge in [-0.1, -0.05) is 28.1 Å². The lowest BCUT2D eigenvalue weighted by Gasteiger charge is -2.06. The maximum atomic E-state index is 12.8. The van der Waals surface area contributed by atoms with Crippen molar-refractivity contribution in [1.82, 2.24) is 0 Å². The van der Waals surface area contributed by atoms with E-state index < -0.39 is 5.97 Å². The van der Waals surface area contributed by atoms with Gasteiger partial charge in [-0.15, -0.1) is 0 Å². The van der Waals surface area contributed by atoms with Crippen LogP contribution in [0.5, 0.6) is 0 Å². The first-order chi connectivity index (χ1) is 10.7. The number of aryl methyl sites for hydroxylation is 1. The van der Waals surface area contributed by atoms with Crippen molar-refractivity contribution in [1.29, 1.82) is 0 Å². The minimum absolute atomic E-state index is 0.214. The van der Waals surface area contributed by atoms with E-state index in [1.807, 2.05) is 12.1 Å². The fourth-order valence-electron chi connectivity index (χ4n) is 2.49. The van der Waals surface area contributed by atoms with Crippen molar-refractivity contribution < 1.29 is 13.9 Å². The fourth-order valence-corrected chi connectivity index (χ4v) is 2.95. The molecule has 0 N–H and O–H groups in total. The van der Waals surface area contributed by atoms with Crippen LogP contribution in [0.15, 0.2) is 45.6 Å². The highest BCUT2D eigenvalue weighted by atomic mass is 79.9. The molecule has 3 aromatic rings. The number of alkyl halides is 1. The van der Waals surface area contributed by atoms with Crippen LogP contribution < -0.4 is 5.43 Å². The van der Waals surface area contributed by atoms with E-state index >= 15 is 0 Å². The van der Waals surface area contributed by atoms with Crippen LogP contribution in [-0.4, -0.2) is 18.4 Å². The number of carbonyl (C=O) groups is 1. The maximum Gasteiger partial charge on any atom is 0.338 e. The van der Waals surface area contributed by atoms with E-state index in [2.05, 4.69) is 15.9 Å². The average molecular weight is 361 g/mol. The molecule has 0 aliphatic carbocycles. The van der Waals surface area contributed by atoms with E-state index in [-0.39, 0.29) is 16.4 Å². The van der Waals surface area contributed by atoms with Crippen molar-refractivity contribution in [2.45, 2.75) is 6.42 Å². The molecular weight excluding hydrogens is 348 g/mol. The summed E-state index contributed by atoms with van der Waals surface area (Å²) in [6.07, 6.45) is 0.812. The van der Waals surface area contributed by atoms with Gasteiger partial charge in [0.05, 0.1) is 23.4 Å². The van der Waals surface area contributed by atoms with E-state index in [1.165, 1.54) is 7.11 Å². The zero-order valence-corrected chi connectivity index (χ0v) is 13.5. The summed E-state index contributed by atoms with van der Waals surface area (Å²) in [5.41, 5.74) is 1.94. The van der Waals surface area contributed by atoms with Gasteiger partial charge >= 0.3 is 5.97 Å². The SMILES string of the molecule is COC(=O)c1cccc2oc3ccc(CCBr)cc3c(=O)c12. The van der Waals surface area contributed by atoms with E-state index in [0.29, 0.717) is 16.6 Å². The zero-order valence-electron chi connectivity index (χ0n) is 11.9. The van der Waals surface area contributed by atoms with Crippen molar-refractivity contribution in [3.63, 3.8) is 0 Å². The zero-order chi connectivity index (χ0) is 15.7. The Kier molecular flexibility index (Phi) is 3.98. The molecule has 0 bridgehead atoms. The lowest BCUT2D eigenvalue weighted by Crippen LogP contribution is -2.10. The Labute approximate surface area is 134 Å². The Hall–Kier alpha value is -2.14. The quantitative estimate of drug-likeness (QED) is 0.406. The number of methoxy groups -OCH3 is 1. The number of ether oxygens (including phenoxy) is 1. The number of benzene rings is 2. The van der Waals surface area contributed by atoms with Crippen LogP contribution >= 0.6 is 15.9 Å². The van der Waals surface area contributed by atoms with E-state index in [9.17, 15) is 9.59 Å². The van der Waals surface area contributed by atoms with Crippen LogP contribution in [-0.2, 0) is 11.2 Å². The molecule has 2 aromatic carbocycles. The average Bonchev–Trinajstić information content (AvgIpc) is 2.54. The van der Waals surface area contributed by atoms with Crippen molar-refractivity contribution in [3.8, 4) is 0 Å². The summed E-state index contributed by atoms with van der Waals surface area (Å²) >= 11 is 3.39. The molecule has 1 aromatic heterocycles. The maximum absolute atomic E-state index is 12.8. The normalized spacial score (nSPS) is 11.0. The number of rotatable bonds is 3. The standard InChI is InChI=1S/C17H13BrO4/c1-21-17(20)11-3-2-4-14-15(11)16(19)12-9-10(7-8-18)5-6-13(12)22-14/h2-6,9H,7-8H2,1H3.